The Labute approximate surface area is 258 Å². The largest absolute Gasteiger partial charge is 0.481 e. The van der Waals surface area contributed by atoms with Gasteiger partial charge in [0.1, 0.15) is 30.0 Å². The molecule has 0 aliphatic heterocycles. The van der Waals surface area contributed by atoms with Crippen LogP contribution in [0.15, 0.2) is 57.8 Å². The molecule has 242 valence electrons. The van der Waals surface area contributed by atoms with E-state index in [0.29, 0.717) is 12.8 Å². The molecule has 0 radical (unpaired) electrons. The fourth-order valence-electron chi connectivity index (χ4n) is 3.25. The molecule has 0 fully saturated rings. The molecule has 2 unspecified atom stereocenters. The summed E-state index contributed by atoms with van der Waals surface area (Å²) >= 11 is 0. The van der Waals surface area contributed by atoms with Crippen LogP contribution >= 0.6 is 0 Å². The van der Waals surface area contributed by atoms with E-state index in [-0.39, 0.29) is 43.6 Å². The van der Waals surface area contributed by atoms with Crippen molar-refractivity contribution in [2.24, 2.45) is 0 Å². The van der Waals surface area contributed by atoms with Crippen LogP contribution in [0.5, 0.6) is 0 Å². The average Bonchev–Trinajstić information content (AvgIpc) is 3.53. The molecule has 2 aromatic rings. The van der Waals surface area contributed by atoms with Crippen LogP contribution in [-0.2, 0) is 18.4 Å². The Morgan fingerprint density at radius 1 is 0.833 bits per heavy atom. The third-order valence-electron chi connectivity index (χ3n) is 7.80. The minimum atomic E-state index is -1.89. The number of carboxylic acids is 1. The van der Waals surface area contributed by atoms with Crippen molar-refractivity contribution in [1.82, 2.24) is 0 Å². The predicted octanol–water partition coefficient (Wildman–Crippen LogP) is 10.7. The Morgan fingerprint density at radius 2 is 1.26 bits per heavy atom. The molecule has 0 amide bonds. The number of carbonyl (C=O) groups excluding carboxylic acids is 1. The highest BCUT2D eigenvalue weighted by Gasteiger charge is 2.40. The molecular weight excluding hydrogens is 565 g/mol. The molecule has 2 rings (SSSR count). The number of rotatable bonds is 14. The zero-order valence-electron chi connectivity index (χ0n) is 26.3. The topological polar surface area (TPSA) is 99.1 Å². The van der Waals surface area contributed by atoms with E-state index in [1.165, 1.54) is 0 Å². The minimum Gasteiger partial charge on any atom is -0.481 e. The molecule has 0 aliphatic carbocycles. The predicted molar refractivity (Wildman–Crippen MR) is 179 cm³/mol. The summed E-state index contributed by atoms with van der Waals surface area (Å²) in [5.74, 6) is 0.847. The molecule has 0 bridgehead atoms. The van der Waals surface area contributed by atoms with Gasteiger partial charge in [0.05, 0.1) is 12.5 Å². The third kappa shape index (κ3) is 14.3. The molecule has 2 aromatic heterocycles. The lowest BCUT2D eigenvalue weighted by atomic mass is 10.1. The van der Waals surface area contributed by atoms with E-state index in [1.807, 2.05) is 30.3 Å². The minimum absolute atomic E-state index is 0. The fraction of sp³-hybridized carbons (Fsp3) is 0.636. The van der Waals surface area contributed by atoms with E-state index in [1.54, 1.807) is 12.5 Å². The van der Waals surface area contributed by atoms with Crippen LogP contribution < -0.4 is 0 Å². The van der Waals surface area contributed by atoms with Crippen LogP contribution in [0.4, 0.5) is 0 Å². The van der Waals surface area contributed by atoms with Crippen molar-refractivity contribution in [3.63, 3.8) is 0 Å². The van der Waals surface area contributed by atoms with Gasteiger partial charge in [0.15, 0.2) is 16.6 Å². The fourth-order valence-corrected chi connectivity index (χ4v) is 5.81. The molecule has 1 N–H and O–H groups in total. The van der Waals surface area contributed by atoms with Gasteiger partial charge in [-0.05, 0) is 79.8 Å². The first kappa shape index (κ1) is 41.9. The molecular formula is C33H60O7Si2. The van der Waals surface area contributed by atoms with Gasteiger partial charge in [-0.25, -0.2) is 0 Å². The molecule has 2 atom stereocenters. The second-order valence-electron chi connectivity index (χ2n) is 13.2. The van der Waals surface area contributed by atoms with Crippen LogP contribution in [-0.4, -0.2) is 34.0 Å². The van der Waals surface area contributed by atoms with Crippen LogP contribution in [0.3, 0.4) is 0 Å². The van der Waals surface area contributed by atoms with E-state index in [4.69, 9.17) is 22.8 Å². The normalized spacial score (nSPS) is 13.8. The molecule has 0 saturated carbocycles. The van der Waals surface area contributed by atoms with E-state index in [9.17, 15) is 9.59 Å². The Bertz CT molecular complexity index is 1010. The van der Waals surface area contributed by atoms with E-state index >= 15 is 0 Å². The van der Waals surface area contributed by atoms with Gasteiger partial charge >= 0.3 is 5.97 Å². The van der Waals surface area contributed by atoms with Gasteiger partial charge < -0.3 is 27.6 Å². The molecule has 42 heavy (non-hydrogen) atoms. The van der Waals surface area contributed by atoms with Crippen LogP contribution in [0.1, 0.15) is 112 Å². The monoisotopic (exact) mass is 624 g/mol. The van der Waals surface area contributed by atoms with Crippen molar-refractivity contribution in [1.29, 1.82) is 0 Å². The van der Waals surface area contributed by atoms with Crippen molar-refractivity contribution in [3.05, 3.63) is 60.5 Å². The highest BCUT2D eigenvalue weighted by molar-refractivity contribution is 6.74. The van der Waals surface area contributed by atoms with Gasteiger partial charge in [-0.15, -0.1) is 0 Å². The van der Waals surface area contributed by atoms with E-state index in [0.717, 1.165) is 30.6 Å². The van der Waals surface area contributed by atoms with Crippen molar-refractivity contribution in [3.8, 4) is 0 Å². The van der Waals surface area contributed by atoms with Crippen molar-refractivity contribution < 1.29 is 32.4 Å². The summed E-state index contributed by atoms with van der Waals surface area (Å²) < 4.78 is 23.6. The Morgan fingerprint density at radius 3 is 1.60 bits per heavy atom. The van der Waals surface area contributed by atoms with E-state index < -0.39 is 22.6 Å². The van der Waals surface area contributed by atoms with Crippen LogP contribution in [0.25, 0.3) is 0 Å². The highest BCUT2D eigenvalue weighted by Crippen LogP contribution is 2.41. The maximum Gasteiger partial charge on any atom is 0.303 e. The van der Waals surface area contributed by atoms with Gasteiger partial charge in [-0.3, -0.25) is 4.79 Å². The SMILES string of the molecule is C.C.CC(C)(C)[Si](C)(C)OC(C/C=C\CCCC(=O)O)c1ccco1.CC(C)(C)[Si](C)(C)OC(CC=O)c1ccco1. The Kier molecular flexibility index (Phi) is 18.4. The zero-order valence-corrected chi connectivity index (χ0v) is 28.3. The summed E-state index contributed by atoms with van der Waals surface area (Å²) in [5, 5.41) is 8.90. The molecule has 7 nitrogen and oxygen atoms in total. The maximum absolute atomic E-state index is 10.7. The summed E-state index contributed by atoms with van der Waals surface area (Å²) in [7, 11) is -3.77. The van der Waals surface area contributed by atoms with Crippen LogP contribution in [0.2, 0.25) is 36.3 Å². The highest BCUT2D eigenvalue weighted by atomic mass is 28.4. The second kappa shape index (κ2) is 18.5. The van der Waals surface area contributed by atoms with Gasteiger partial charge in [-0.1, -0.05) is 68.5 Å². The number of allylic oxidation sites excluding steroid dienone is 1. The standard InChI is InChI=1S/C18H30O4Si.C13H22O3Si.2CH4/c1-18(2,3)23(4,5)22-16(15-12-10-14-21-15)11-8-6-7-9-13-17(19)20;1-13(2,3)17(4,5)16-12(8-9-14)11-7-6-10-15-11;;/h6,8,10,12,14,16H,7,9,11,13H2,1-5H3,(H,19,20);6-7,9-10,12H,8H2,1-5H3;2*1H4/b8-6-;;;. The van der Waals surface area contributed by atoms with Crippen molar-refractivity contribution in [2.75, 3.05) is 0 Å². The molecule has 2 heterocycles. The number of carbonyl (C=O) groups is 2. The number of unbranched alkanes of at least 4 members (excludes halogenated alkanes) is 1. The molecule has 0 aliphatic rings. The summed E-state index contributed by atoms with van der Waals surface area (Å²) in [5.41, 5.74) is 0. The average molecular weight is 625 g/mol. The van der Waals surface area contributed by atoms with E-state index in [2.05, 4.69) is 73.8 Å². The molecule has 0 spiro atoms. The number of aliphatic carboxylic acids is 1. The maximum atomic E-state index is 10.7. The van der Waals surface area contributed by atoms with Crippen molar-refractivity contribution >= 4 is 28.9 Å². The summed E-state index contributed by atoms with van der Waals surface area (Å²) in [6.45, 7) is 22.0. The number of hydrogen-bond acceptors (Lipinski definition) is 6. The second-order valence-corrected chi connectivity index (χ2v) is 22.7. The van der Waals surface area contributed by atoms with Gasteiger partial charge in [0.25, 0.3) is 0 Å². The Hall–Kier alpha value is -2.21. The quantitative estimate of drug-likeness (QED) is 0.0966. The number of aldehydes is 1. The smallest absolute Gasteiger partial charge is 0.303 e. The lowest BCUT2D eigenvalue weighted by molar-refractivity contribution is -0.137. The lowest BCUT2D eigenvalue weighted by Gasteiger charge is -2.38. The van der Waals surface area contributed by atoms with Gasteiger partial charge in [0.2, 0.25) is 0 Å². The number of carboxylic acid groups (broad SMARTS) is 1. The van der Waals surface area contributed by atoms with Crippen LogP contribution in [0, 0.1) is 0 Å². The molecule has 9 heteroatoms. The molecule has 0 aromatic carbocycles. The Balaban J connectivity index is 0. The number of hydrogen-bond donors (Lipinski definition) is 1. The first-order chi connectivity index (χ1) is 18.4. The summed E-state index contributed by atoms with van der Waals surface area (Å²) in [6.07, 6.45) is 10.7. The third-order valence-corrected chi connectivity index (χ3v) is 16.8. The lowest BCUT2D eigenvalue weighted by Crippen LogP contribution is -2.41. The first-order valence-electron chi connectivity index (χ1n) is 14.1. The summed E-state index contributed by atoms with van der Waals surface area (Å²) in [4.78, 5) is 21.2. The first-order valence-corrected chi connectivity index (χ1v) is 20.0. The number of furan rings is 2. The van der Waals surface area contributed by atoms with Gasteiger partial charge in [0, 0.05) is 12.8 Å². The summed E-state index contributed by atoms with van der Waals surface area (Å²) in [6, 6.07) is 7.52. The molecule has 0 saturated heterocycles. The van der Waals surface area contributed by atoms with Crippen molar-refractivity contribution in [2.45, 2.75) is 137 Å². The zero-order chi connectivity index (χ0) is 30.6. The van der Waals surface area contributed by atoms with Gasteiger partial charge in [-0.2, -0.15) is 0 Å².